The van der Waals surface area contributed by atoms with Gasteiger partial charge in [-0.1, -0.05) is 12.5 Å². The predicted molar refractivity (Wildman–Crippen MR) is 84.1 cm³/mol. The van der Waals surface area contributed by atoms with Crippen LogP contribution in [0.3, 0.4) is 0 Å². The van der Waals surface area contributed by atoms with Gasteiger partial charge in [0.15, 0.2) is 11.6 Å². The van der Waals surface area contributed by atoms with E-state index in [9.17, 15) is 4.39 Å². The molecule has 0 bridgehead atoms. The highest BCUT2D eigenvalue weighted by molar-refractivity contribution is 7.99. The van der Waals surface area contributed by atoms with Gasteiger partial charge in [-0.3, -0.25) is 0 Å². The van der Waals surface area contributed by atoms with Crippen molar-refractivity contribution in [1.29, 1.82) is 0 Å². The lowest BCUT2D eigenvalue weighted by Crippen LogP contribution is -2.36. The van der Waals surface area contributed by atoms with Crippen LogP contribution in [0.25, 0.3) is 0 Å². The van der Waals surface area contributed by atoms with Crippen LogP contribution in [0.2, 0.25) is 0 Å². The van der Waals surface area contributed by atoms with Crippen molar-refractivity contribution in [2.45, 2.75) is 49.9 Å². The van der Waals surface area contributed by atoms with Crippen LogP contribution in [0, 0.1) is 5.82 Å². The Hall–Kier alpha value is -0.740. The topological polar surface area (TPSA) is 21.3 Å². The number of hydrogen-bond acceptors (Lipinski definition) is 3. The molecule has 0 radical (unpaired) electrons. The van der Waals surface area contributed by atoms with Crippen LogP contribution in [-0.2, 0) is 0 Å². The highest BCUT2D eigenvalue weighted by atomic mass is 32.2. The van der Waals surface area contributed by atoms with Gasteiger partial charge in [0.05, 0.1) is 7.11 Å². The van der Waals surface area contributed by atoms with Crippen molar-refractivity contribution in [3.8, 4) is 5.75 Å². The molecular weight excluding hydrogens is 273 g/mol. The van der Waals surface area contributed by atoms with Crippen LogP contribution in [0.1, 0.15) is 44.2 Å². The Labute approximate surface area is 125 Å². The zero-order valence-corrected chi connectivity index (χ0v) is 13.3. The van der Waals surface area contributed by atoms with Gasteiger partial charge < -0.3 is 10.1 Å². The minimum atomic E-state index is -0.302. The van der Waals surface area contributed by atoms with Crippen molar-refractivity contribution >= 4 is 11.8 Å². The monoisotopic (exact) mass is 297 g/mol. The molecule has 0 saturated heterocycles. The molecule has 1 fully saturated rings. The second-order valence-corrected chi connectivity index (χ2v) is 6.64. The first-order valence-corrected chi connectivity index (χ1v) is 8.55. The normalized spacial score (nSPS) is 24.4. The average molecular weight is 297 g/mol. The number of nitrogens with one attached hydrogen (secondary N) is 1. The fourth-order valence-electron chi connectivity index (χ4n) is 2.91. The number of benzene rings is 1. The van der Waals surface area contributed by atoms with Gasteiger partial charge >= 0.3 is 0 Å². The van der Waals surface area contributed by atoms with Gasteiger partial charge in [-0.05, 0) is 50.1 Å². The third kappa shape index (κ3) is 3.89. The van der Waals surface area contributed by atoms with Gasteiger partial charge in [-0.2, -0.15) is 11.8 Å². The van der Waals surface area contributed by atoms with Crippen LogP contribution < -0.4 is 10.1 Å². The molecule has 1 N–H and O–H groups in total. The van der Waals surface area contributed by atoms with Gasteiger partial charge in [0.2, 0.25) is 0 Å². The summed E-state index contributed by atoms with van der Waals surface area (Å²) < 4.78 is 18.5. The molecule has 4 heteroatoms. The number of thioether (sulfide) groups is 1. The van der Waals surface area contributed by atoms with Gasteiger partial charge in [-0.25, -0.2) is 4.39 Å². The van der Waals surface area contributed by atoms with Crippen molar-refractivity contribution in [3.63, 3.8) is 0 Å². The van der Waals surface area contributed by atoms with E-state index in [0.717, 1.165) is 10.8 Å². The van der Waals surface area contributed by atoms with Crippen molar-refractivity contribution in [3.05, 3.63) is 29.6 Å². The van der Waals surface area contributed by atoms with E-state index >= 15 is 0 Å². The molecular formula is C16H24FNOS. The summed E-state index contributed by atoms with van der Waals surface area (Å²) in [6, 6.07) is 5.90. The van der Waals surface area contributed by atoms with E-state index in [2.05, 4.69) is 18.5 Å². The summed E-state index contributed by atoms with van der Waals surface area (Å²) in [5.41, 5.74) is 1.08. The zero-order valence-electron chi connectivity index (χ0n) is 12.5. The van der Waals surface area contributed by atoms with E-state index in [-0.39, 0.29) is 11.9 Å². The highest BCUT2D eigenvalue weighted by Gasteiger charge is 2.22. The molecule has 0 heterocycles. The quantitative estimate of drug-likeness (QED) is 0.882. The molecule has 1 aliphatic carbocycles. The van der Waals surface area contributed by atoms with Gasteiger partial charge in [0, 0.05) is 17.3 Å². The van der Waals surface area contributed by atoms with Gasteiger partial charge in [0.1, 0.15) is 0 Å². The molecule has 1 aromatic carbocycles. The average Bonchev–Trinajstić information content (AvgIpc) is 2.47. The molecule has 2 nitrogen and oxygen atoms in total. The number of methoxy groups -OCH3 is 1. The molecule has 3 unspecified atom stereocenters. The predicted octanol–water partition coefficient (Wildman–Crippen LogP) is 4.16. The van der Waals surface area contributed by atoms with Crippen LogP contribution in [0.4, 0.5) is 4.39 Å². The number of halogens is 1. The lowest BCUT2D eigenvalue weighted by Gasteiger charge is -2.31. The van der Waals surface area contributed by atoms with E-state index in [1.54, 1.807) is 6.07 Å². The maximum absolute atomic E-state index is 13.4. The minimum Gasteiger partial charge on any atom is -0.494 e. The van der Waals surface area contributed by atoms with E-state index in [0.29, 0.717) is 11.8 Å². The lowest BCUT2D eigenvalue weighted by molar-refractivity contribution is 0.351. The standard InChI is InChI=1S/C16H24FNOS/c1-11(12-7-8-15(17)16(9-12)19-2)18-13-5-4-6-14(10-13)20-3/h7-9,11,13-14,18H,4-6,10H2,1-3H3. The molecule has 0 amide bonds. The molecule has 0 aromatic heterocycles. The van der Waals surface area contributed by atoms with E-state index in [1.165, 1.54) is 38.9 Å². The molecule has 2 rings (SSSR count). The molecule has 1 saturated carbocycles. The minimum absolute atomic E-state index is 0.218. The van der Waals surface area contributed by atoms with E-state index in [1.807, 2.05) is 17.8 Å². The maximum atomic E-state index is 13.4. The van der Waals surface area contributed by atoms with Crippen molar-refractivity contribution in [1.82, 2.24) is 5.32 Å². The highest BCUT2D eigenvalue weighted by Crippen LogP contribution is 2.29. The smallest absolute Gasteiger partial charge is 0.165 e. The fraction of sp³-hybridized carbons (Fsp3) is 0.625. The number of hydrogen-bond donors (Lipinski definition) is 1. The Morgan fingerprint density at radius 3 is 2.90 bits per heavy atom. The molecule has 0 spiro atoms. The van der Waals surface area contributed by atoms with Crippen molar-refractivity contribution < 1.29 is 9.13 Å². The Morgan fingerprint density at radius 2 is 2.20 bits per heavy atom. The number of rotatable bonds is 5. The second-order valence-electron chi connectivity index (χ2n) is 5.50. The zero-order chi connectivity index (χ0) is 14.5. The Morgan fingerprint density at radius 1 is 1.40 bits per heavy atom. The van der Waals surface area contributed by atoms with Gasteiger partial charge in [-0.15, -0.1) is 0 Å². The van der Waals surface area contributed by atoms with Crippen LogP contribution in [-0.4, -0.2) is 24.7 Å². The van der Waals surface area contributed by atoms with E-state index in [4.69, 9.17) is 4.74 Å². The summed E-state index contributed by atoms with van der Waals surface area (Å²) in [7, 11) is 1.50. The van der Waals surface area contributed by atoms with Crippen LogP contribution in [0.15, 0.2) is 18.2 Å². The van der Waals surface area contributed by atoms with E-state index < -0.39 is 0 Å². The fourth-order valence-corrected chi connectivity index (χ4v) is 3.73. The largest absolute Gasteiger partial charge is 0.494 e. The summed E-state index contributed by atoms with van der Waals surface area (Å²) in [5, 5.41) is 4.45. The molecule has 0 aliphatic heterocycles. The number of ether oxygens (including phenoxy) is 1. The second kappa shape index (κ2) is 7.32. The molecule has 20 heavy (non-hydrogen) atoms. The first kappa shape index (κ1) is 15.6. The lowest BCUT2D eigenvalue weighted by atomic mass is 9.93. The SMILES string of the molecule is COc1cc(C(C)NC2CCCC(SC)C2)ccc1F. The van der Waals surface area contributed by atoms with Gasteiger partial charge in [0.25, 0.3) is 0 Å². The Bertz CT molecular complexity index is 440. The van der Waals surface area contributed by atoms with Crippen LogP contribution >= 0.6 is 11.8 Å². The van der Waals surface area contributed by atoms with Crippen molar-refractivity contribution in [2.24, 2.45) is 0 Å². The summed E-state index contributed by atoms with van der Waals surface area (Å²) in [4.78, 5) is 0. The van der Waals surface area contributed by atoms with Crippen LogP contribution in [0.5, 0.6) is 5.75 Å². The molecule has 1 aromatic rings. The first-order chi connectivity index (χ1) is 9.63. The third-order valence-corrected chi connectivity index (χ3v) is 5.22. The van der Waals surface area contributed by atoms with Crippen molar-refractivity contribution in [2.75, 3.05) is 13.4 Å². The summed E-state index contributed by atoms with van der Waals surface area (Å²) in [5.74, 6) is 0.0188. The molecule has 3 atom stereocenters. The molecule has 112 valence electrons. The summed E-state index contributed by atoms with van der Waals surface area (Å²) in [6.45, 7) is 2.13. The summed E-state index contributed by atoms with van der Waals surface area (Å²) in [6.07, 6.45) is 7.28. The third-order valence-electron chi connectivity index (χ3n) is 4.12. The summed E-state index contributed by atoms with van der Waals surface area (Å²) >= 11 is 1.97. The Balaban J connectivity index is 1.99. The Kier molecular flexibility index (Phi) is 5.73. The molecule has 1 aliphatic rings. The first-order valence-electron chi connectivity index (χ1n) is 7.26. The maximum Gasteiger partial charge on any atom is 0.165 e.